The van der Waals surface area contributed by atoms with Crippen molar-refractivity contribution in [1.82, 2.24) is 4.57 Å². The molecule has 21 heavy (non-hydrogen) atoms. The third kappa shape index (κ3) is 3.35. The molecule has 1 aliphatic rings. The van der Waals surface area contributed by atoms with Crippen LogP contribution in [0.15, 0.2) is 47.4 Å². The van der Waals surface area contributed by atoms with E-state index in [1.807, 2.05) is 12.3 Å². The summed E-state index contributed by atoms with van der Waals surface area (Å²) in [5.74, 6) is 0. The molecule has 1 fully saturated rings. The molecule has 2 aromatic rings. The highest BCUT2D eigenvalue weighted by Crippen LogP contribution is 2.24. The SMILES string of the molecule is Cn1cc(-c2ccc(NC3CCCCC3)cc2)ccc1=O. The lowest BCUT2D eigenvalue weighted by Gasteiger charge is -2.23. The highest BCUT2D eigenvalue weighted by molar-refractivity contribution is 5.65. The van der Waals surface area contributed by atoms with Crippen molar-refractivity contribution in [3.05, 3.63) is 52.9 Å². The standard InChI is InChI=1S/C18H22N2O/c1-20-13-15(9-12-18(20)21)14-7-10-17(11-8-14)19-16-5-3-2-4-6-16/h7-13,16,19H,2-6H2,1H3. The fourth-order valence-corrected chi connectivity index (χ4v) is 3.01. The average molecular weight is 282 g/mol. The number of anilines is 1. The van der Waals surface area contributed by atoms with Crippen LogP contribution < -0.4 is 10.9 Å². The van der Waals surface area contributed by atoms with Crippen molar-refractivity contribution in [1.29, 1.82) is 0 Å². The van der Waals surface area contributed by atoms with Gasteiger partial charge in [-0.1, -0.05) is 31.4 Å². The maximum absolute atomic E-state index is 11.4. The predicted octanol–water partition coefficient (Wildman–Crippen LogP) is 3.80. The lowest BCUT2D eigenvalue weighted by atomic mass is 9.95. The lowest BCUT2D eigenvalue weighted by molar-refractivity contribution is 0.463. The van der Waals surface area contributed by atoms with Crippen LogP contribution >= 0.6 is 0 Å². The molecule has 0 amide bonds. The van der Waals surface area contributed by atoms with Gasteiger partial charge in [0.25, 0.3) is 0 Å². The Morgan fingerprint density at radius 3 is 2.29 bits per heavy atom. The van der Waals surface area contributed by atoms with Crippen molar-refractivity contribution < 1.29 is 0 Å². The lowest BCUT2D eigenvalue weighted by Crippen LogP contribution is -2.22. The Labute approximate surface area is 125 Å². The van der Waals surface area contributed by atoms with Gasteiger partial charge in [0.2, 0.25) is 5.56 Å². The summed E-state index contributed by atoms with van der Waals surface area (Å²) in [7, 11) is 1.78. The number of hydrogen-bond acceptors (Lipinski definition) is 2. The van der Waals surface area contributed by atoms with E-state index in [1.54, 1.807) is 17.7 Å². The Hall–Kier alpha value is -2.03. The van der Waals surface area contributed by atoms with Gasteiger partial charge in [-0.25, -0.2) is 0 Å². The van der Waals surface area contributed by atoms with Crippen LogP contribution in [-0.2, 0) is 7.05 Å². The topological polar surface area (TPSA) is 34.0 Å². The van der Waals surface area contributed by atoms with Gasteiger partial charge in [0.05, 0.1) is 0 Å². The highest BCUT2D eigenvalue weighted by atomic mass is 16.1. The van der Waals surface area contributed by atoms with Crippen LogP contribution in [0.25, 0.3) is 11.1 Å². The Bertz CT molecular complexity index is 652. The monoisotopic (exact) mass is 282 g/mol. The van der Waals surface area contributed by atoms with Gasteiger partial charge >= 0.3 is 0 Å². The first-order valence-electron chi connectivity index (χ1n) is 7.76. The molecule has 3 rings (SSSR count). The van der Waals surface area contributed by atoms with Crippen LogP contribution in [0.1, 0.15) is 32.1 Å². The second-order valence-corrected chi connectivity index (χ2v) is 5.92. The second kappa shape index (κ2) is 6.17. The molecular weight excluding hydrogens is 260 g/mol. The van der Waals surface area contributed by atoms with Gasteiger partial charge in [0, 0.05) is 31.0 Å². The molecular formula is C18H22N2O. The van der Waals surface area contributed by atoms with E-state index in [9.17, 15) is 4.79 Å². The summed E-state index contributed by atoms with van der Waals surface area (Å²) in [6.45, 7) is 0. The summed E-state index contributed by atoms with van der Waals surface area (Å²) in [5, 5.41) is 3.62. The van der Waals surface area contributed by atoms with Crippen LogP contribution in [0.2, 0.25) is 0 Å². The molecule has 3 heteroatoms. The van der Waals surface area contributed by atoms with Gasteiger partial charge in [-0.15, -0.1) is 0 Å². The Balaban J connectivity index is 1.73. The maximum atomic E-state index is 11.4. The summed E-state index contributed by atoms with van der Waals surface area (Å²) >= 11 is 0. The van der Waals surface area contributed by atoms with E-state index < -0.39 is 0 Å². The number of benzene rings is 1. The molecule has 0 unspecified atom stereocenters. The van der Waals surface area contributed by atoms with Crippen molar-refractivity contribution in [2.24, 2.45) is 7.05 Å². The minimum absolute atomic E-state index is 0.0225. The number of rotatable bonds is 3. The molecule has 0 atom stereocenters. The first-order chi connectivity index (χ1) is 10.2. The van der Waals surface area contributed by atoms with Crippen LogP contribution in [-0.4, -0.2) is 10.6 Å². The second-order valence-electron chi connectivity index (χ2n) is 5.92. The summed E-state index contributed by atoms with van der Waals surface area (Å²) in [4.78, 5) is 11.4. The number of aromatic nitrogens is 1. The molecule has 1 aromatic carbocycles. The van der Waals surface area contributed by atoms with Crippen LogP contribution in [0.5, 0.6) is 0 Å². The molecule has 1 heterocycles. The number of hydrogen-bond donors (Lipinski definition) is 1. The normalized spacial score (nSPS) is 15.9. The molecule has 0 bridgehead atoms. The molecule has 1 saturated carbocycles. The van der Waals surface area contributed by atoms with E-state index in [0.717, 1.165) is 11.1 Å². The third-order valence-electron chi connectivity index (χ3n) is 4.28. The van der Waals surface area contributed by atoms with Gasteiger partial charge in [-0.3, -0.25) is 4.79 Å². The number of pyridine rings is 1. The Kier molecular flexibility index (Phi) is 4.09. The van der Waals surface area contributed by atoms with E-state index in [4.69, 9.17) is 0 Å². The maximum Gasteiger partial charge on any atom is 0.250 e. The fourth-order valence-electron chi connectivity index (χ4n) is 3.01. The fraction of sp³-hybridized carbons (Fsp3) is 0.389. The number of nitrogens with one attached hydrogen (secondary N) is 1. The van der Waals surface area contributed by atoms with E-state index in [-0.39, 0.29) is 5.56 Å². The van der Waals surface area contributed by atoms with Crippen molar-refractivity contribution in [3.63, 3.8) is 0 Å². The molecule has 1 aliphatic carbocycles. The third-order valence-corrected chi connectivity index (χ3v) is 4.28. The zero-order chi connectivity index (χ0) is 14.7. The predicted molar refractivity (Wildman–Crippen MR) is 87.6 cm³/mol. The Morgan fingerprint density at radius 1 is 0.952 bits per heavy atom. The number of aryl methyl sites for hydroxylation is 1. The summed E-state index contributed by atoms with van der Waals surface area (Å²) in [5.41, 5.74) is 3.42. The van der Waals surface area contributed by atoms with Gasteiger partial charge in [0.1, 0.15) is 0 Å². The van der Waals surface area contributed by atoms with Crippen LogP contribution in [0.4, 0.5) is 5.69 Å². The molecule has 0 spiro atoms. The zero-order valence-corrected chi connectivity index (χ0v) is 12.5. The van der Waals surface area contributed by atoms with Crippen LogP contribution in [0.3, 0.4) is 0 Å². The molecule has 0 radical (unpaired) electrons. The van der Waals surface area contributed by atoms with Crippen molar-refractivity contribution in [2.45, 2.75) is 38.1 Å². The quantitative estimate of drug-likeness (QED) is 0.929. The molecule has 0 saturated heterocycles. The minimum Gasteiger partial charge on any atom is -0.382 e. The average Bonchev–Trinajstić information content (AvgIpc) is 2.52. The highest BCUT2D eigenvalue weighted by Gasteiger charge is 2.12. The summed E-state index contributed by atoms with van der Waals surface area (Å²) in [6.07, 6.45) is 8.50. The molecule has 0 aliphatic heterocycles. The van der Waals surface area contributed by atoms with E-state index in [1.165, 1.54) is 37.8 Å². The van der Waals surface area contributed by atoms with Gasteiger partial charge < -0.3 is 9.88 Å². The minimum atomic E-state index is 0.0225. The number of nitrogens with zero attached hydrogens (tertiary/aromatic N) is 1. The van der Waals surface area contributed by atoms with E-state index in [2.05, 4.69) is 29.6 Å². The van der Waals surface area contributed by atoms with Gasteiger partial charge in [0.15, 0.2) is 0 Å². The first kappa shape index (κ1) is 13.9. The zero-order valence-electron chi connectivity index (χ0n) is 12.5. The smallest absolute Gasteiger partial charge is 0.250 e. The van der Waals surface area contributed by atoms with Gasteiger partial charge in [-0.2, -0.15) is 0 Å². The van der Waals surface area contributed by atoms with E-state index >= 15 is 0 Å². The van der Waals surface area contributed by atoms with E-state index in [0.29, 0.717) is 6.04 Å². The van der Waals surface area contributed by atoms with Crippen molar-refractivity contribution in [3.8, 4) is 11.1 Å². The molecule has 1 N–H and O–H groups in total. The van der Waals surface area contributed by atoms with Crippen molar-refractivity contribution in [2.75, 3.05) is 5.32 Å². The Morgan fingerprint density at radius 2 is 1.62 bits per heavy atom. The summed E-state index contributed by atoms with van der Waals surface area (Å²) in [6, 6.07) is 12.6. The van der Waals surface area contributed by atoms with Crippen molar-refractivity contribution >= 4 is 5.69 Å². The van der Waals surface area contributed by atoms with Gasteiger partial charge in [-0.05, 0) is 42.2 Å². The molecule has 3 nitrogen and oxygen atoms in total. The largest absolute Gasteiger partial charge is 0.382 e. The summed E-state index contributed by atoms with van der Waals surface area (Å²) < 4.78 is 1.61. The van der Waals surface area contributed by atoms with Crippen LogP contribution in [0, 0.1) is 0 Å². The molecule has 1 aromatic heterocycles. The first-order valence-corrected chi connectivity index (χ1v) is 7.76. The molecule has 110 valence electrons.